The van der Waals surface area contributed by atoms with Gasteiger partial charge in [-0.1, -0.05) is 48.0 Å². The number of nitrogens with one attached hydrogen (secondary N) is 1. The van der Waals surface area contributed by atoms with E-state index in [1.165, 1.54) is 9.58 Å². The van der Waals surface area contributed by atoms with Gasteiger partial charge < -0.3 is 0 Å². The van der Waals surface area contributed by atoms with E-state index in [1.54, 1.807) is 24.7 Å². The van der Waals surface area contributed by atoms with Crippen LogP contribution in [0.2, 0.25) is 0 Å². The number of thioether (sulfide) groups is 1. The Bertz CT molecular complexity index is 1200. The lowest BCUT2D eigenvalue weighted by Gasteiger charge is -2.12. The number of benzene rings is 2. The molecule has 1 N–H and O–H groups in total. The van der Waals surface area contributed by atoms with Crippen LogP contribution in [-0.2, 0) is 11.8 Å². The molecular weight excluding hydrogens is 384 g/mol. The fourth-order valence-electron chi connectivity index (χ4n) is 3.32. The zero-order valence-corrected chi connectivity index (χ0v) is 17.2. The van der Waals surface area contributed by atoms with Crippen molar-refractivity contribution in [1.82, 2.24) is 9.36 Å². The smallest absolute Gasteiger partial charge is 0.283 e. The van der Waals surface area contributed by atoms with Crippen LogP contribution in [0.1, 0.15) is 16.8 Å². The van der Waals surface area contributed by atoms with Gasteiger partial charge in [0.15, 0.2) is 5.17 Å². The number of anilines is 1. The molecule has 0 unspecified atom stereocenters. The van der Waals surface area contributed by atoms with Crippen molar-refractivity contribution in [2.45, 2.75) is 13.8 Å². The summed E-state index contributed by atoms with van der Waals surface area (Å²) in [5, 5.41) is 8.38. The number of para-hydroxylation sites is 1. The van der Waals surface area contributed by atoms with E-state index in [2.05, 4.69) is 0 Å². The Labute approximate surface area is 172 Å². The summed E-state index contributed by atoms with van der Waals surface area (Å²) in [7, 11) is 1.77. The van der Waals surface area contributed by atoms with Gasteiger partial charge in [-0.15, -0.1) is 0 Å². The summed E-state index contributed by atoms with van der Waals surface area (Å²) < 4.78 is 3.22. The molecule has 0 saturated carbocycles. The van der Waals surface area contributed by atoms with Gasteiger partial charge in [0.05, 0.1) is 16.3 Å². The number of nitrogens with zero attached hydrogens (tertiary/aromatic N) is 3. The van der Waals surface area contributed by atoms with Crippen LogP contribution < -0.4 is 10.5 Å². The first-order valence-electron chi connectivity index (χ1n) is 9.11. The molecule has 3 aromatic rings. The lowest BCUT2D eigenvalue weighted by atomic mass is 10.1. The summed E-state index contributed by atoms with van der Waals surface area (Å²) in [5.41, 5.74) is 3.23. The van der Waals surface area contributed by atoms with Crippen molar-refractivity contribution in [2.24, 2.45) is 7.05 Å². The lowest BCUT2D eigenvalue weighted by molar-refractivity contribution is -0.113. The summed E-state index contributed by atoms with van der Waals surface area (Å²) in [4.78, 5) is 27.9. The normalized spacial score (nSPS) is 15.6. The van der Waals surface area contributed by atoms with Crippen LogP contribution in [0.3, 0.4) is 0 Å². The summed E-state index contributed by atoms with van der Waals surface area (Å²) in [6.45, 7) is 3.78. The fourth-order valence-corrected chi connectivity index (χ4v) is 4.16. The molecule has 0 radical (unpaired) electrons. The zero-order valence-electron chi connectivity index (χ0n) is 16.3. The summed E-state index contributed by atoms with van der Waals surface area (Å²) in [6, 6.07) is 17.1. The number of amidine groups is 1. The first-order chi connectivity index (χ1) is 13.9. The first kappa shape index (κ1) is 19.0. The van der Waals surface area contributed by atoms with Gasteiger partial charge in [0.25, 0.3) is 11.5 Å². The quantitative estimate of drug-likeness (QED) is 0.674. The molecule has 1 aliphatic heterocycles. The summed E-state index contributed by atoms with van der Waals surface area (Å²) in [6.07, 6.45) is 1.76. The first-order valence-corrected chi connectivity index (χ1v) is 9.93. The second-order valence-electron chi connectivity index (χ2n) is 6.88. The average Bonchev–Trinajstić information content (AvgIpc) is 3.10. The van der Waals surface area contributed by atoms with Crippen LogP contribution in [0.15, 0.2) is 64.3 Å². The van der Waals surface area contributed by atoms with Crippen molar-refractivity contribution in [3.05, 3.63) is 86.7 Å². The number of carbonyl (C=O) groups excluding carboxylic acids is 1. The van der Waals surface area contributed by atoms with Crippen molar-refractivity contribution in [1.29, 1.82) is 5.41 Å². The molecule has 7 heteroatoms. The van der Waals surface area contributed by atoms with Crippen molar-refractivity contribution in [3.8, 4) is 5.69 Å². The van der Waals surface area contributed by atoms with E-state index in [0.29, 0.717) is 16.3 Å². The van der Waals surface area contributed by atoms with Crippen LogP contribution in [0.4, 0.5) is 5.69 Å². The molecule has 6 nitrogen and oxygen atoms in total. The van der Waals surface area contributed by atoms with Gasteiger partial charge in [0, 0.05) is 7.05 Å². The summed E-state index contributed by atoms with van der Waals surface area (Å²) in [5.74, 6) is -0.355. The third-order valence-corrected chi connectivity index (χ3v) is 5.83. The molecule has 1 aromatic heterocycles. The van der Waals surface area contributed by atoms with Gasteiger partial charge in [-0.3, -0.25) is 19.7 Å². The molecule has 1 saturated heterocycles. The number of rotatable bonds is 3. The molecule has 0 aliphatic carbocycles. The second kappa shape index (κ2) is 7.25. The van der Waals surface area contributed by atoms with Crippen molar-refractivity contribution in [2.75, 3.05) is 4.90 Å². The van der Waals surface area contributed by atoms with E-state index < -0.39 is 0 Å². The van der Waals surface area contributed by atoms with Gasteiger partial charge in [0.1, 0.15) is 5.69 Å². The van der Waals surface area contributed by atoms with Gasteiger partial charge in [-0.2, -0.15) is 0 Å². The Hall–Kier alpha value is -3.32. The zero-order chi connectivity index (χ0) is 20.7. The van der Waals surface area contributed by atoms with E-state index in [1.807, 2.05) is 61.5 Å². The molecule has 1 amide bonds. The highest BCUT2D eigenvalue weighted by Gasteiger charge is 2.37. The van der Waals surface area contributed by atoms with Gasteiger partial charge in [-0.25, -0.2) is 9.58 Å². The van der Waals surface area contributed by atoms with E-state index in [0.717, 1.165) is 22.9 Å². The average molecular weight is 404 g/mol. The Balaban J connectivity index is 1.78. The van der Waals surface area contributed by atoms with Crippen LogP contribution >= 0.6 is 11.8 Å². The standard InChI is InChI=1S/C22H20N4O2S/c1-14-9-11-16(12-10-14)13-18-20(27)25(22(23)29-18)19-15(2)24(3)26(21(19)28)17-7-5-4-6-8-17/h4-13,23H,1-3H3. The number of hydrogen-bond donors (Lipinski definition) is 1. The topological polar surface area (TPSA) is 71.1 Å². The predicted octanol–water partition coefficient (Wildman–Crippen LogP) is 3.85. The maximum absolute atomic E-state index is 13.2. The highest BCUT2D eigenvalue weighted by Crippen LogP contribution is 2.35. The molecule has 2 heterocycles. The Morgan fingerprint density at radius 3 is 2.28 bits per heavy atom. The minimum Gasteiger partial charge on any atom is -0.283 e. The monoisotopic (exact) mass is 404 g/mol. The molecule has 2 aromatic carbocycles. The van der Waals surface area contributed by atoms with Crippen molar-refractivity contribution >= 4 is 34.6 Å². The predicted molar refractivity (Wildman–Crippen MR) is 118 cm³/mol. The van der Waals surface area contributed by atoms with E-state index in [9.17, 15) is 9.59 Å². The number of hydrogen-bond acceptors (Lipinski definition) is 4. The number of aromatic nitrogens is 2. The molecule has 4 rings (SSSR count). The van der Waals surface area contributed by atoms with Gasteiger partial charge in [-0.05, 0) is 49.4 Å². The van der Waals surface area contributed by atoms with Crippen LogP contribution in [-0.4, -0.2) is 20.4 Å². The Morgan fingerprint density at radius 1 is 0.966 bits per heavy atom. The minimum atomic E-state index is -0.355. The third-order valence-electron chi connectivity index (χ3n) is 4.95. The third kappa shape index (κ3) is 3.23. The number of aryl methyl sites for hydroxylation is 1. The Kier molecular flexibility index (Phi) is 4.76. The van der Waals surface area contributed by atoms with E-state index in [-0.39, 0.29) is 22.3 Å². The molecule has 0 bridgehead atoms. The SMILES string of the molecule is Cc1ccc(C=C2SC(=N)N(c3c(C)n(C)n(-c4ccccc4)c3=O)C2=O)cc1. The van der Waals surface area contributed by atoms with Gasteiger partial charge in [0.2, 0.25) is 0 Å². The van der Waals surface area contributed by atoms with Gasteiger partial charge >= 0.3 is 0 Å². The van der Waals surface area contributed by atoms with Crippen LogP contribution in [0.5, 0.6) is 0 Å². The minimum absolute atomic E-state index is 0.0272. The maximum Gasteiger partial charge on any atom is 0.296 e. The highest BCUT2D eigenvalue weighted by molar-refractivity contribution is 8.19. The van der Waals surface area contributed by atoms with Crippen molar-refractivity contribution in [3.63, 3.8) is 0 Å². The maximum atomic E-state index is 13.2. The molecule has 29 heavy (non-hydrogen) atoms. The molecular formula is C22H20N4O2S. The van der Waals surface area contributed by atoms with E-state index in [4.69, 9.17) is 5.41 Å². The highest BCUT2D eigenvalue weighted by atomic mass is 32.2. The number of carbonyl (C=O) groups is 1. The summed E-state index contributed by atoms with van der Waals surface area (Å²) >= 11 is 1.07. The molecule has 1 aliphatic rings. The lowest BCUT2D eigenvalue weighted by Crippen LogP contribution is -2.33. The van der Waals surface area contributed by atoms with Crippen LogP contribution in [0.25, 0.3) is 11.8 Å². The fraction of sp³-hybridized carbons (Fsp3) is 0.136. The molecule has 146 valence electrons. The molecule has 0 spiro atoms. The largest absolute Gasteiger partial charge is 0.296 e. The van der Waals surface area contributed by atoms with Crippen LogP contribution in [0, 0.1) is 19.3 Å². The molecule has 0 atom stereocenters. The number of amides is 1. The van der Waals surface area contributed by atoms with Crippen molar-refractivity contribution < 1.29 is 4.79 Å². The Morgan fingerprint density at radius 2 is 1.62 bits per heavy atom. The second-order valence-corrected chi connectivity index (χ2v) is 7.91. The van der Waals surface area contributed by atoms with E-state index >= 15 is 0 Å². The molecule has 1 fully saturated rings.